The van der Waals surface area contributed by atoms with Crippen molar-refractivity contribution >= 4 is 5.97 Å². The van der Waals surface area contributed by atoms with Crippen molar-refractivity contribution in [1.82, 2.24) is 0 Å². The van der Waals surface area contributed by atoms with Crippen molar-refractivity contribution in [3.05, 3.63) is 35.9 Å². The lowest BCUT2D eigenvalue weighted by atomic mass is 9.84. The van der Waals surface area contributed by atoms with Gasteiger partial charge in [-0.25, -0.2) is 0 Å². The summed E-state index contributed by atoms with van der Waals surface area (Å²) < 4.78 is 4.72. The summed E-state index contributed by atoms with van der Waals surface area (Å²) in [7, 11) is 1.34. The molecular formula is C13H18O3. The van der Waals surface area contributed by atoms with Gasteiger partial charge in [0.1, 0.15) is 0 Å². The number of aliphatic hydroxyl groups is 1. The van der Waals surface area contributed by atoms with E-state index in [9.17, 15) is 9.90 Å². The quantitative estimate of drug-likeness (QED) is 0.792. The predicted octanol–water partition coefficient (Wildman–Crippen LogP) is 1.96. The zero-order valence-electron chi connectivity index (χ0n) is 9.88. The molecule has 16 heavy (non-hydrogen) atoms. The molecule has 1 N–H and O–H groups in total. The van der Waals surface area contributed by atoms with Crippen molar-refractivity contribution in [2.75, 3.05) is 7.11 Å². The summed E-state index contributed by atoms with van der Waals surface area (Å²) in [6.07, 6.45) is -0.720. The van der Waals surface area contributed by atoms with Crippen LogP contribution in [-0.4, -0.2) is 24.3 Å². The molecule has 1 aromatic rings. The van der Waals surface area contributed by atoms with Crippen LogP contribution in [0, 0.1) is 5.92 Å². The van der Waals surface area contributed by atoms with Crippen LogP contribution >= 0.6 is 0 Å². The first-order valence-corrected chi connectivity index (χ1v) is 5.38. The van der Waals surface area contributed by atoms with Gasteiger partial charge in [0.05, 0.1) is 19.1 Å². The monoisotopic (exact) mass is 222 g/mol. The Morgan fingerprint density at radius 3 is 2.25 bits per heavy atom. The zero-order valence-corrected chi connectivity index (χ0v) is 9.88. The van der Waals surface area contributed by atoms with Crippen LogP contribution in [0.2, 0.25) is 0 Å². The number of aliphatic hydroxyl groups excluding tert-OH is 1. The van der Waals surface area contributed by atoms with E-state index < -0.39 is 12.0 Å². The van der Waals surface area contributed by atoms with Crippen LogP contribution in [0.25, 0.3) is 0 Å². The van der Waals surface area contributed by atoms with Gasteiger partial charge >= 0.3 is 5.97 Å². The fraction of sp³-hybridized carbons (Fsp3) is 0.462. The van der Waals surface area contributed by atoms with Crippen LogP contribution in [0.1, 0.15) is 25.3 Å². The summed E-state index contributed by atoms with van der Waals surface area (Å²) >= 11 is 0. The molecule has 3 atom stereocenters. The molecule has 1 aromatic carbocycles. The smallest absolute Gasteiger partial charge is 0.311 e. The molecule has 0 heterocycles. The van der Waals surface area contributed by atoms with Crippen LogP contribution < -0.4 is 0 Å². The molecular weight excluding hydrogens is 204 g/mol. The average molecular weight is 222 g/mol. The fourth-order valence-electron chi connectivity index (χ4n) is 1.92. The van der Waals surface area contributed by atoms with Gasteiger partial charge in [-0.3, -0.25) is 4.79 Å². The average Bonchev–Trinajstić information content (AvgIpc) is 2.29. The number of benzene rings is 1. The number of ether oxygens (including phenoxy) is 1. The molecule has 88 valence electrons. The van der Waals surface area contributed by atoms with E-state index in [0.29, 0.717) is 0 Å². The third-order valence-corrected chi connectivity index (χ3v) is 2.86. The van der Waals surface area contributed by atoms with Crippen molar-refractivity contribution in [3.8, 4) is 0 Å². The number of hydrogen-bond acceptors (Lipinski definition) is 3. The number of carbonyl (C=O) groups is 1. The van der Waals surface area contributed by atoms with Crippen LogP contribution in [0.15, 0.2) is 30.3 Å². The molecule has 0 spiro atoms. The second-order valence-electron chi connectivity index (χ2n) is 3.99. The van der Waals surface area contributed by atoms with Crippen molar-refractivity contribution in [3.63, 3.8) is 0 Å². The lowest BCUT2D eigenvalue weighted by Gasteiger charge is -2.24. The van der Waals surface area contributed by atoms with Gasteiger partial charge in [-0.1, -0.05) is 37.3 Å². The summed E-state index contributed by atoms with van der Waals surface area (Å²) in [5.41, 5.74) is 1.03. The van der Waals surface area contributed by atoms with Gasteiger partial charge in [-0.2, -0.15) is 0 Å². The highest BCUT2D eigenvalue weighted by atomic mass is 16.5. The number of methoxy groups -OCH3 is 1. The lowest BCUT2D eigenvalue weighted by Crippen LogP contribution is -2.31. The van der Waals surface area contributed by atoms with Crippen LogP contribution in [0.3, 0.4) is 0 Å². The van der Waals surface area contributed by atoms with Gasteiger partial charge in [0.2, 0.25) is 0 Å². The van der Waals surface area contributed by atoms with Crippen molar-refractivity contribution in [2.24, 2.45) is 5.92 Å². The molecule has 0 aliphatic rings. The maximum absolute atomic E-state index is 11.6. The molecule has 0 radical (unpaired) electrons. The standard InChI is InChI=1S/C13H18O3/c1-9(11-7-5-4-6-8-11)12(10(2)14)13(15)16-3/h4-10,12,14H,1-3H3/t9?,10-,12+/m0/s1. The van der Waals surface area contributed by atoms with Crippen LogP contribution in [-0.2, 0) is 9.53 Å². The summed E-state index contributed by atoms with van der Waals surface area (Å²) in [5.74, 6) is -0.951. The summed E-state index contributed by atoms with van der Waals surface area (Å²) in [6, 6.07) is 9.65. The molecule has 0 aromatic heterocycles. The molecule has 1 unspecified atom stereocenters. The maximum atomic E-state index is 11.6. The Morgan fingerprint density at radius 2 is 1.81 bits per heavy atom. The van der Waals surface area contributed by atoms with Crippen molar-refractivity contribution in [1.29, 1.82) is 0 Å². The van der Waals surface area contributed by atoms with E-state index in [0.717, 1.165) is 5.56 Å². The molecule has 0 saturated carbocycles. The summed E-state index contributed by atoms with van der Waals surface area (Å²) in [4.78, 5) is 11.6. The normalized spacial score (nSPS) is 16.2. The number of hydrogen-bond donors (Lipinski definition) is 1. The Kier molecular flexibility index (Phi) is 4.50. The molecule has 0 aliphatic heterocycles. The van der Waals surface area contributed by atoms with E-state index in [1.54, 1.807) is 6.92 Å². The Bertz CT molecular complexity index is 332. The second kappa shape index (κ2) is 5.66. The van der Waals surface area contributed by atoms with E-state index in [1.165, 1.54) is 7.11 Å². The molecule has 0 bridgehead atoms. The first-order chi connectivity index (χ1) is 7.57. The number of esters is 1. The van der Waals surface area contributed by atoms with E-state index in [1.807, 2.05) is 37.3 Å². The van der Waals surface area contributed by atoms with Gasteiger partial charge < -0.3 is 9.84 Å². The Morgan fingerprint density at radius 1 is 1.25 bits per heavy atom. The minimum atomic E-state index is -0.720. The lowest BCUT2D eigenvalue weighted by molar-refractivity contribution is -0.150. The Labute approximate surface area is 96.1 Å². The molecule has 1 rings (SSSR count). The predicted molar refractivity (Wildman–Crippen MR) is 62.0 cm³/mol. The topological polar surface area (TPSA) is 46.5 Å². The van der Waals surface area contributed by atoms with Crippen molar-refractivity contribution in [2.45, 2.75) is 25.9 Å². The minimum absolute atomic E-state index is 0.0614. The summed E-state index contributed by atoms with van der Waals surface area (Å²) in [6.45, 7) is 3.53. The third kappa shape index (κ3) is 2.83. The van der Waals surface area contributed by atoms with E-state index in [2.05, 4.69) is 0 Å². The molecule has 0 fully saturated rings. The SMILES string of the molecule is COC(=O)[C@H](C(C)c1ccccc1)[C@H](C)O. The van der Waals surface area contributed by atoms with E-state index in [4.69, 9.17) is 4.74 Å². The molecule has 3 heteroatoms. The van der Waals surface area contributed by atoms with Crippen LogP contribution in [0.4, 0.5) is 0 Å². The van der Waals surface area contributed by atoms with Gasteiger partial charge in [0, 0.05) is 0 Å². The molecule has 0 aliphatic carbocycles. The fourth-order valence-corrected chi connectivity index (χ4v) is 1.92. The third-order valence-electron chi connectivity index (χ3n) is 2.86. The zero-order chi connectivity index (χ0) is 12.1. The first kappa shape index (κ1) is 12.7. The van der Waals surface area contributed by atoms with Gasteiger partial charge in [0.25, 0.3) is 0 Å². The highest BCUT2D eigenvalue weighted by molar-refractivity contribution is 5.74. The second-order valence-corrected chi connectivity index (χ2v) is 3.99. The Balaban J connectivity index is 2.92. The van der Waals surface area contributed by atoms with Gasteiger partial charge in [-0.15, -0.1) is 0 Å². The van der Waals surface area contributed by atoms with Crippen molar-refractivity contribution < 1.29 is 14.6 Å². The largest absolute Gasteiger partial charge is 0.469 e. The van der Waals surface area contributed by atoms with E-state index in [-0.39, 0.29) is 11.9 Å². The maximum Gasteiger partial charge on any atom is 0.311 e. The van der Waals surface area contributed by atoms with E-state index >= 15 is 0 Å². The molecule has 0 saturated heterocycles. The highest BCUT2D eigenvalue weighted by Crippen LogP contribution is 2.27. The number of carbonyl (C=O) groups excluding carboxylic acids is 1. The minimum Gasteiger partial charge on any atom is -0.469 e. The van der Waals surface area contributed by atoms with Gasteiger partial charge in [-0.05, 0) is 18.4 Å². The molecule has 3 nitrogen and oxygen atoms in total. The first-order valence-electron chi connectivity index (χ1n) is 5.38. The Hall–Kier alpha value is -1.35. The number of rotatable bonds is 4. The highest BCUT2D eigenvalue weighted by Gasteiger charge is 2.31. The van der Waals surface area contributed by atoms with Gasteiger partial charge in [0.15, 0.2) is 0 Å². The molecule has 0 amide bonds. The summed E-state index contributed by atoms with van der Waals surface area (Å²) in [5, 5.41) is 9.64. The van der Waals surface area contributed by atoms with Crippen LogP contribution in [0.5, 0.6) is 0 Å².